The average molecular weight is 419 g/mol. The van der Waals surface area contributed by atoms with Crippen LogP contribution in [0.25, 0.3) is 0 Å². The first-order chi connectivity index (χ1) is 9.06. The number of nitrogens with one attached hydrogen (secondary N) is 1. The van der Waals surface area contributed by atoms with Gasteiger partial charge in [-0.3, -0.25) is 4.90 Å². The molecule has 0 radical (unpaired) electrons. The van der Waals surface area contributed by atoms with Crippen LogP contribution in [0.15, 0.2) is 24.3 Å². The number of piperazine rings is 1. The number of hydrogen-bond donors (Lipinski definition) is 2. The van der Waals surface area contributed by atoms with Gasteiger partial charge in [0.1, 0.15) is 12.6 Å². The van der Waals surface area contributed by atoms with E-state index in [1.807, 2.05) is 12.1 Å². The lowest BCUT2D eigenvalue weighted by Crippen LogP contribution is -2.51. The van der Waals surface area contributed by atoms with Crippen LogP contribution in [-0.4, -0.2) is 48.7 Å². The fourth-order valence-corrected chi connectivity index (χ4v) is 3.10. The van der Waals surface area contributed by atoms with Crippen molar-refractivity contribution in [1.29, 1.82) is 0 Å². The lowest BCUT2D eigenvalue weighted by Gasteiger charge is -2.39. The van der Waals surface area contributed by atoms with E-state index in [4.69, 9.17) is 5.11 Å². The van der Waals surface area contributed by atoms with E-state index in [0.29, 0.717) is 31.7 Å². The summed E-state index contributed by atoms with van der Waals surface area (Å²) in [5.41, 5.74) is 0.587. The molecule has 0 bridgehead atoms. The highest BCUT2D eigenvalue weighted by atomic mass is 127. The Kier molecular flexibility index (Phi) is 7.07. The van der Waals surface area contributed by atoms with Gasteiger partial charge in [0.05, 0.1) is 0 Å². The summed E-state index contributed by atoms with van der Waals surface area (Å²) in [6.07, 6.45) is 0. The molecule has 1 heterocycles. The van der Waals surface area contributed by atoms with Crippen LogP contribution >= 0.6 is 35.0 Å². The highest BCUT2D eigenvalue weighted by molar-refractivity contribution is 14.1. The van der Waals surface area contributed by atoms with Gasteiger partial charge < -0.3 is 10.4 Å². The summed E-state index contributed by atoms with van der Waals surface area (Å²) in [5.74, 6) is -3.14. The Morgan fingerprint density at radius 3 is 2.45 bits per heavy atom. The number of hydrogen-bond acceptors (Lipinski definition) is 3. The van der Waals surface area contributed by atoms with Crippen LogP contribution in [0.3, 0.4) is 0 Å². The molecule has 1 aromatic carbocycles. The molecule has 2 rings (SSSR count). The second kappa shape index (κ2) is 7.84. The minimum atomic E-state index is -3.14. The largest absolute Gasteiger partial charge is 0.390 e. The van der Waals surface area contributed by atoms with Gasteiger partial charge in [0.15, 0.2) is 0 Å². The number of aliphatic hydroxyl groups excluding tert-OH is 1. The Bertz CT molecular complexity index is 431. The fourth-order valence-electron chi connectivity index (χ4n) is 2.41. The van der Waals surface area contributed by atoms with E-state index in [-0.39, 0.29) is 12.4 Å². The molecule has 0 saturated carbocycles. The molecule has 3 nitrogen and oxygen atoms in total. The zero-order chi connectivity index (χ0) is 13.9. The summed E-state index contributed by atoms with van der Waals surface area (Å²) in [6, 6.07) is 6.07. The summed E-state index contributed by atoms with van der Waals surface area (Å²) in [5, 5.41) is 12.2. The monoisotopic (exact) mass is 418 g/mol. The second-order valence-electron chi connectivity index (χ2n) is 4.63. The van der Waals surface area contributed by atoms with E-state index >= 15 is 0 Å². The number of rotatable bonds is 4. The van der Waals surface area contributed by atoms with Gasteiger partial charge in [-0.05, 0) is 34.2 Å². The Labute approximate surface area is 137 Å². The van der Waals surface area contributed by atoms with E-state index in [1.165, 1.54) is 0 Å². The van der Waals surface area contributed by atoms with Gasteiger partial charge >= 0.3 is 0 Å². The molecule has 7 heteroatoms. The number of aliphatic hydroxyl groups is 1. The van der Waals surface area contributed by atoms with Gasteiger partial charge in [-0.25, -0.2) is 8.78 Å². The average Bonchev–Trinajstić information content (AvgIpc) is 2.42. The molecule has 20 heavy (non-hydrogen) atoms. The van der Waals surface area contributed by atoms with Gasteiger partial charge in [-0.1, -0.05) is 18.2 Å². The molecule has 1 saturated heterocycles. The van der Waals surface area contributed by atoms with Crippen LogP contribution in [0.5, 0.6) is 0 Å². The first-order valence-electron chi connectivity index (χ1n) is 6.24. The Morgan fingerprint density at radius 2 is 1.90 bits per heavy atom. The quantitative estimate of drug-likeness (QED) is 0.737. The van der Waals surface area contributed by atoms with E-state index in [9.17, 15) is 8.78 Å². The third kappa shape index (κ3) is 4.00. The van der Waals surface area contributed by atoms with Crippen molar-refractivity contribution in [3.05, 3.63) is 33.4 Å². The smallest absolute Gasteiger partial charge is 0.289 e. The van der Waals surface area contributed by atoms with E-state index in [2.05, 4.69) is 27.9 Å². The standard InChI is InChI=1S/C13H17F2IN2O.ClH/c14-13(15,9-19)12(18-7-5-17-6-8-18)10-3-1-2-4-11(10)16;/h1-4,12,17,19H,5-9H2;1H/t12-;/m0./s1. The van der Waals surface area contributed by atoms with Crippen molar-refractivity contribution >= 4 is 35.0 Å². The molecule has 1 aromatic rings. The Balaban J connectivity index is 0.00000200. The summed E-state index contributed by atoms with van der Waals surface area (Å²) in [6.45, 7) is 1.38. The molecule has 1 aliphatic heterocycles. The zero-order valence-corrected chi connectivity index (χ0v) is 13.8. The molecule has 0 spiro atoms. The molecule has 0 amide bonds. The highest BCUT2D eigenvalue weighted by Crippen LogP contribution is 2.38. The van der Waals surface area contributed by atoms with Crippen LogP contribution in [0, 0.1) is 3.57 Å². The van der Waals surface area contributed by atoms with Crippen LogP contribution < -0.4 is 5.32 Å². The van der Waals surface area contributed by atoms with Gasteiger partial charge in [0.25, 0.3) is 5.92 Å². The maximum atomic E-state index is 14.2. The molecule has 0 aliphatic carbocycles. The minimum absolute atomic E-state index is 0. The predicted molar refractivity (Wildman–Crippen MR) is 85.6 cm³/mol. The third-order valence-corrected chi connectivity index (χ3v) is 4.31. The zero-order valence-electron chi connectivity index (χ0n) is 10.9. The molecular weight excluding hydrogens is 401 g/mol. The number of benzene rings is 1. The van der Waals surface area contributed by atoms with Gasteiger partial charge in [-0.15, -0.1) is 12.4 Å². The highest BCUT2D eigenvalue weighted by Gasteiger charge is 2.44. The Hall–Kier alpha value is -0.0200. The normalized spacial score (nSPS) is 18.4. The first kappa shape index (κ1) is 18.0. The second-order valence-corrected chi connectivity index (χ2v) is 5.79. The lowest BCUT2D eigenvalue weighted by atomic mass is 9.98. The van der Waals surface area contributed by atoms with Crippen molar-refractivity contribution in [2.75, 3.05) is 32.8 Å². The van der Waals surface area contributed by atoms with Crippen LogP contribution in [0.1, 0.15) is 11.6 Å². The van der Waals surface area contributed by atoms with Crippen molar-refractivity contribution in [3.63, 3.8) is 0 Å². The molecule has 1 fully saturated rings. The maximum Gasteiger partial charge on any atom is 0.289 e. The minimum Gasteiger partial charge on any atom is -0.390 e. The fraction of sp³-hybridized carbons (Fsp3) is 0.538. The van der Waals surface area contributed by atoms with Crippen LogP contribution in [0.2, 0.25) is 0 Å². The molecule has 1 atom stereocenters. The van der Waals surface area contributed by atoms with Gasteiger partial charge in [-0.2, -0.15) is 0 Å². The van der Waals surface area contributed by atoms with E-state index < -0.39 is 18.6 Å². The lowest BCUT2D eigenvalue weighted by molar-refractivity contribution is -0.118. The van der Waals surface area contributed by atoms with E-state index in [0.717, 1.165) is 3.57 Å². The molecule has 0 unspecified atom stereocenters. The van der Waals surface area contributed by atoms with Crippen molar-refractivity contribution in [1.82, 2.24) is 10.2 Å². The first-order valence-corrected chi connectivity index (χ1v) is 7.32. The topological polar surface area (TPSA) is 35.5 Å². The molecule has 2 N–H and O–H groups in total. The SMILES string of the molecule is Cl.OCC(F)(F)[C@H](c1ccccc1I)N1CCNCC1. The Morgan fingerprint density at radius 1 is 1.30 bits per heavy atom. The molecule has 1 aliphatic rings. The number of alkyl halides is 2. The van der Waals surface area contributed by atoms with Crippen LogP contribution in [0.4, 0.5) is 8.78 Å². The third-order valence-electron chi connectivity index (χ3n) is 3.33. The van der Waals surface area contributed by atoms with Crippen molar-refractivity contribution in [2.24, 2.45) is 0 Å². The van der Waals surface area contributed by atoms with Crippen molar-refractivity contribution in [2.45, 2.75) is 12.0 Å². The number of nitrogens with zero attached hydrogens (tertiary/aromatic N) is 1. The molecule has 0 aromatic heterocycles. The van der Waals surface area contributed by atoms with Crippen molar-refractivity contribution in [3.8, 4) is 0 Å². The number of halogens is 4. The molecule has 114 valence electrons. The summed E-state index contributed by atoms with van der Waals surface area (Å²) in [4.78, 5) is 1.75. The maximum absolute atomic E-state index is 14.2. The summed E-state index contributed by atoms with van der Waals surface area (Å²) in [7, 11) is 0. The predicted octanol–water partition coefficient (Wildman–Crippen LogP) is 2.29. The summed E-state index contributed by atoms with van der Waals surface area (Å²) < 4.78 is 29.1. The van der Waals surface area contributed by atoms with Gasteiger partial charge in [0, 0.05) is 29.7 Å². The van der Waals surface area contributed by atoms with Crippen LogP contribution in [-0.2, 0) is 0 Å². The van der Waals surface area contributed by atoms with E-state index in [1.54, 1.807) is 17.0 Å². The molecular formula is C13H18ClF2IN2O. The van der Waals surface area contributed by atoms with Crippen molar-refractivity contribution < 1.29 is 13.9 Å². The summed E-state index contributed by atoms with van der Waals surface area (Å²) >= 11 is 2.07. The van der Waals surface area contributed by atoms with Gasteiger partial charge in [0.2, 0.25) is 0 Å².